The summed E-state index contributed by atoms with van der Waals surface area (Å²) >= 11 is 1.43. The number of carbonyl (C=O) groups is 2. The Morgan fingerprint density at radius 3 is 2.37 bits per heavy atom. The number of amides is 2. The molecule has 0 heterocycles. The molecule has 0 saturated heterocycles. The molecule has 150 valence electrons. The van der Waals surface area contributed by atoms with Crippen molar-refractivity contribution >= 4 is 23.6 Å². The van der Waals surface area contributed by atoms with E-state index in [4.69, 9.17) is 0 Å². The molecule has 0 bridgehead atoms. The smallest absolute Gasteiger partial charge is 0.252 e. The summed E-state index contributed by atoms with van der Waals surface area (Å²) in [4.78, 5) is 27.1. The maximum absolute atomic E-state index is 12.8. The van der Waals surface area contributed by atoms with Crippen LogP contribution in [0.25, 0.3) is 0 Å². The van der Waals surface area contributed by atoms with E-state index < -0.39 is 0 Å². The minimum atomic E-state index is -0.0198. The molecule has 2 rings (SSSR count). The van der Waals surface area contributed by atoms with Gasteiger partial charge in [-0.25, -0.2) is 0 Å². The van der Waals surface area contributed by atoms with Crippen LogP contribution >= 0.6 is 11.8 Å². The molecular formula is C22H34N2O2S. The molecule has 0 unspecified atom stereocenters. The van der Waals surface area contributed by atoms with Gasteiger partial charge in [0.1, 0.15) is 0 Å². The zero-order valence-electron chi connectivity index (χ0n) is 17.4. The lowest BCUT2D eigenvalue weighted by atomic mass is 9.69. The van der Waals surface area contributed by atoms with Gasteiger partial charge in [0.05, 0.1) is 11.3 Å². The molecule has 27 heavy (non-hydrogen) atoms. The van der Waals surface area contributed by atoms with E-state index in [1.807, 2.05) is 24.3 Å². The van der Waals surface area contributed by atoms with E-state index in [0.29, 0.717) is 16.7 Å². The molecule has 0 aromatic heterocycles. The van der Waals surface area contributed by atoms with Crippen LogP contribution in [0.15, 0.2) is 29.2 Å². The van der Waals surface area contributed by atoms with Gasteiger partial charge < -0.3 is 10.2 Å². The van der Waals surface area contributed by atoms with Gasteiger partial charge >= 0.3 is 0 Å². The van der Waals surface area contributed by atoms with E-state index in [1.54, 1.807) is 19.0 Å². The van der Waals surface area contributed by atoms with Crippen LogP contribution in [0.1, 0.15) is 63.2 Å². The summed E-state index contributed by atoms with van der Waals surface area (Å²) < 4.78 is 0. The van der Waals surface area contributed by atoms with Crippen LogP contribution in [0.4, 0.5) is 0 Å². The largest absolute Gasteiger partial charge is 0.349 e. The molecule has 0 atom stereocenters. The Labute approximate surface area is 168 Å². The minimum absolute atomic E-state index is 0.0198. The van der Waals surface area contributed by atoms with Gasteiger partial charge in [0.2, 0.25) is 5.91 Å². The zero-order chi connectivity index (χ0) is 20.0. The molecule has 0 spiro atoms. The Bertz CT molecular complexity index is 649. The normalized spacial score (nSPS) is 20.2. The quantitative estimate of drug-likeness (QED) is 0.693. The first-order valence-electron chi connectivity index (χ1n) is 9.97. The van der Waals surface area contributed by atoms with Gasteiger partial charge in [-0.15, -0.1) is 11.8 Å². The molecule has 1 aromatic rings. The molecule has 4 nitrogen and oxygen atoms in total. The van der Waals surface area contributed by atoms with Crippen molar-refractivity contribution in [2.75, 3.05) is 19.8 Å². The van der Waals surface area contributed by atoms with E-state index in [0.717, 1.165) is 23.7 Å². The molecule has 2 amide bonds. The molecular weight excluding hydrogens is 356 g/mol. The summed E-state index contributed by atoms with van der Waals surface area (Å²) in [5.41, 5.74) is 1.06. The van der Waals surface area contributed by atoms with Crippen LogP contribution in [0.3, 0.4) is 0 Å². The average Bonchev–Trinajstić information content (AvgIpc) is 2.66. The fourth-order valence-electron chi connectivity index (χ4n) is 3.62. The summed E-state index contributed by atoms with van der Waals surface area (Å²) in [7, 11) is 3.50. The highest BCUT2D eigenvalue weighted by Gasteiger charge is 2.32. The van der Waals surface area contributed by atoms with Crippen LogP contribution in [0.2, 0.25) is 0 Å². The summed E-state index contributed by atoms with van der Waals surface area (Å²) in [5, 5.41) is 3.23. The number of benzene rings is 1. The maximum atomic E-state index is 12.8. The number of carbonyl (C=O) groups excluding carboxylic acids is 2. The molecule has 0 aliphatic heterocycles. The first kappa shape index (κ1) is 21.8. The second kappa shape index (κ2) is 9.63. The first-order chi connectivity index (χ1) is 12.7. The van der Waals surface area contributed by atoms with E-state index >= 15 is 0 Å². The van der Waals surface area contributed by atoms with Crippen molar-refractivity contribution in [1.82, 2.24) is 10.2 Å². The molecule has 1 aliphatic rings. The predicted molar refractivity (Wildman–Crippen MR) is 113 cm³/mol. The number of hydrogen-bond donors (Lipinski definition) is 1. The van der Waals surface area contributed by atoms with Crippen LogP contribution in [0, 0.1) is 11.3 Å². The van der Waals surface area contributed by atoms with Crippen molar-refractivity contribution < 1.29 is 9.59 Å². The number of nitrogens with zero attached hydrogens (tertiary/aromatic N) is 1. The van der Waals surface area contributed by atoms with E-state index in [9.17, 15) is 9.59 Å². The van der Waals surface area contributed by atoms with Gasteiger partial charge in [-0.2, -0.15) is 0 Å². The third-order valence-electron chi connectivity index (χ3n) is 6.06. The summed E-state index contributed by atoms with van der Waals surface area (Å²) in [6.07, 6.45) is 5.66. The third-order valence-corrected chi connectivity index (χ3v) is 7.12. The first-order valence-corrected chi connectivity index (χ1v) is 11.0. The number of hydrogen-bond acceptors (Lipinski definition) is 3. The topological polar surface area (TPSA) is 49.4 Å². The summed E-state index contributed by atoms with van der Waals surface area (Å²) in [6.45, 7) is 6.99. The zero-order valence-corrected chi connectivity index (χ0v) is 18.2. The molecule has 1 fully saturated rings. The van der Waals surface area contributed by atoms with Gasteiger partial charge in [-0.1, -0.05) is 39.3 Å². The average molecular weight is 391 g/mol. The third kappa shape index (κ3) is 6.00. The van der Waals surface area contributed by atoms with Crippen molar-refractivity contribution in [3.63, 3.8) is 0 Å². The van der Waals surface area contributed by atoms with Gasteiger partial charge in [-0.3, -0.25) is 9.59 Å². The van der Waals surface area contributed by atoms with Gasteiger partial charge in [0, 0.05) is 25.0 Å². The summed E-state index contributed by atoms with van der Waals surface area (Å²) in [5.74, 6) is 1.12. The predicted octanol–water partition coefficient (Wildman–Crippen LogP) is 4.59. The van der Waals surface area contributed by atoms with Crippen molar-refractivity contribution in [1.29, 1.82) is 0 Å². The second-order valence-corrected chi connectivity index (χ2v) is 9.45. The van der Waals surface area contributed by atoms with Crippen molar-refractivity contribution in [2.24, 2.45) is 11.3 Å². The Kier molecular flexibility index (Phi) is 7.78. The maximum Gasteiger partial charge on any atom is 0.252 e. The molecule has 0 radical (unpaired) electrons. The number of rotatable bonds is 7. The standard InChI is InChI=1S/C22H34N2O2S/c1-6-22(2,3)16-11-13-17(14-12-16)23-21(26)18-9-7-8-10-19(18)27-15-20(25)24(4)5/h7-10,16-17H,6,11-15H2,1-5H3,(H,23,26). The Morgan fingerprint density at radius 2 is 1.78 bits per heavy atom. The molecule has 1 saturated carbocycles. The molecule has 1 aromatic carbocycles. The van der Waals surface area contributed by atoms with Crippen LogP contribution in [-0.4, -0.2) is 42.6 Å². The molecule has 1 N–H and O–H groups in total. The molecule has 1 aliphatic carbocycles. The highest BCUT2D eigenvalue weighted by molar-refractivity contribution is 8.00. The fourth-order valence-corrected chi connectivity index (χ4v) is 4.65. The monoisotopic (exact) mass is 390 g/mol. The fraction of sp³-hybridized carbons (Fsp3) is 0.636. The van der Waals surface area contributed by atoms with E-state index in [2.05, 4.69) is 26.1 Å². The van der Waals surface area contributed by atoms with Crippen LogP contribution in [0.5, 0.6) is 0 Å². The lowest BCUT2D eigenvalue weighted by molar-refractivity contribution is -0.125. The number of thioether (sulfide) groups is 1. The Morgan fingerprint density at radius 1 is 1.15 bits per heavy atom. The van der Waals surface area contributed by atoms with Crippen molar-refractivity contribution in [3.05, 3.63) is 29.8 Å². The van der Waals surface area contributed by atoms with E-state index in [1.165, 1.54) is 31.0 Å². The molecule has 5 heteroatoms. The highest BCUT2D eigenvalue weighted by Crippen LogP contribution is 2.40. The van der Waals surface area contributed by atoms with Gasteiger partial charge in [-0.05, 0) is 49.1 Å². The van der Waals surface area contributed by atoms with Gasteiger partial charge in [0.15, 0.2) is 0 Å². The van der Waals surface area contributed by atoms with Crippen molar-refractivity contribution in [3.8, 4) is 0 Å². The minimum Gasteiger partial charge on any atom is -0.349 e. The van der Waals surface area contributed by atoms with E-state index in [-0.39, 0.29) is 17.9 Å². The SMILES string of the molecule is CCC(C)(C)C1CCC(NC(=O)c2ccccc2SCC(=O)N(C)C)CC1. The van der Waals surface area contributed by atoms with Crippen molar-refractivity contribution in [2.45, 2.75) is 63.8 Å². The highest BCUT2D eigenvalue weighted by atomic mass is 32.2. The second-order valence-electron chi connectivity index (χ2n) is 8.44. The van der Waals surface area contributed by atoms with Crippen LogP contribution in [-0.2, 0) is 4.79 Å². The van der Waals surface area contributed by atoms with Crippen LogP contribution < -0.4 is 5.32 Å². The van der Waals surface area contributed by atoms with Gasteiger partial charge in [0.25, 0.3) is 5.91 Å². The Hall–Kier alpha value is -1.49. The summed E-state index contributed by atoms with van der Waals surface area (Å²) in [6, 6.07) is 7.82. The lowest BCUT2D eigenvalue weighted by Crippen LogP contribution is -2.40. The Balaban J connectivity index is 1.94. The lowest BCUT2D eigenvalue weighted by Gasteiger charge is -2.39. The number of nitrogens with one attached hydrogen (secondary N) is 1.